The van der Waals surface area contributed by atoms with Crippen molar-refractivity contribution in [1.29, 1.82) is 15.8 Å². The van der Waals surface area contributed by atoms with Gasteiger partial charge in [-0.3, -0.25) is 0 Å². The van der Waals surface area contributed by atoms with Crippen LogP contribution in [0.3, 0.4) is 0 Å². The predicted molar refractivity (Wildman–Crippen MR) is 80.1 cm³/mol. The predicted octanol–water partition coefficient (Wildman–Crippen LogP) is 2.51. The van der Waals surface area contributed by atoms with E-state index in [1.807, 2.05) is 30.5 Å². The maximum absolute atomic E-state index is 9.08. The average Bonchev–Trinajstić information content (AvgIpc) is 2.57. The molecule has 2 aromatic rings. The number of hydrogen-bond acceptors (Lipinski definition) is 5. The quantitative estimate of drug-likeness (QED) is 0.592. The normalized spacial score (nSPS) is 15.3. The first-order valence-electron chi connectivity index (χ1n) is 6.38. The number of aliphatic imine (C=N–C) groups is 2. The molecule has 1 aliphatic rings. The summed E-state index contributed by atoms with van der Waals surface area (Å²) in [6, 6.07) is 14.4. The van der Waals surface area contributed by atoms with Crippen LogP contribution in [0.15, 0.2) is 52.4 Å². The smallest absolute Gasteiger partial charge is 0.192 e. The van der Waals surface area contributed by atoms with E-state index in [1.165, 1.54) is 0 Å². The summed E-state index contributed by atoms with van der Waals surface area (Å²) >= 11 is 0. The Hall–Kier alpha value is -3.75. The first kappa shape index (κ1) is 13.2. The largest absolute Gasteiger partial charge is 0.206 e. The average molecular weight is 281 g/mol. The van der Waals surface area contributed by atoms with E-state index in [2.05, 4.69) is 16.1 Å². The summed E-state index contributed by atoms with van der Waals surface area (Å²) in [7, 11) is 0. The van der Waals surface area contributed by atoms with Crippen LogP contribution >= 0.6 is 0 Å². The molecule has 3 rings (SSSR count). The Balaban J connectivity index is 2.43. The van der Waals surface area contributed by atoms with E-state index in [9.17, 15) is 0 Å². The summed E-state index contributed by atoms with van der Waals surface area (Å²) in [5.41, 5.74) is 4.26. The molecule has 22 heavy (non-hydrogen) atoms. The Morgan fingerprint density at radius 2 is 1.23 bits per heavy atom. The Morgan fingerprint density at radius 1 is 0.682 bits per heavy atom. The van der Waals surface area contributed by atoms with E-state index < -0.39 is 0 Å². The molecule has 0 N–H and O–H groups in total. The molecule has 0 heterocycles. The third-order valence-corrected chi connectivity index (χ3v) is 3.42. The molecule has 0 fully saturated rings. The van der Waals surface area contributed by atoms with Crippen LogP contribution in [0.2, 0.25) is 0 Å². The first-order valence-corrected chi connectivity index (χ1v) is 6.38. The standard InChI is InChI=1S/C17H7N5/c18-8-11-5-6-14-15(7-11)17(22-10-20)13-4-2-1-3-12(13)16(14)21-9-19/h1-7H/b21-16-,22-17+. The lowest BCUT2D eigenvalue weighted by Gasteiger charge is -2.21. The lowest BCUT2D eigenvalue weighted by Crippen LogP contribution is -2.22. The number of nitrogens with zero attached hydrogens (tertiary/aromatic N) is 5. The van der Waals surface area contributed by atoms with Gasteiger partial charge >= 0.3 is 0 Å². The van der Waals surface area contributed by atoms with Gasteiger partial charge in [-0.15, -0.1) is 0 Å². The van der Waals surface area contributed by atoms with Gasteiger partial charge in [0.05, 0.1) is 23.1 Å². The van der Waals surface area contributed by atoms with Gasteiger partial charge in [-0.25, -0.2) is 0 Å². The molecule has 0 aliphatic heterocycles. The van der Waals surface area contributed by atoms with Crippen molar-refractivity contribution in [3.63, 3.8) is 0 Å². The number of hydrogen-bond donors (Lipinski definition) is 0. The lowest BCUT2D eigenvalue weighted by molar-refractivity contribution is 1.37. The highest BCUT2D eigenvalue weighted by Gasteiger charge is 2.27. The van der Waals surface area contributed by atoms with Crippen molar-refractivity contribution in [2.75, 3.05) is 0 Å². The van der Waals surface area contributed by atoms with Crippen molar-refractivity contribution >= 4 is 11.4 Å². The van der Waals surface area contributed by atoms with Gasteiger partial charge in [0.1, 0.15) is 0 Å². The lowest BCUT2D eigenvalue weighted by atomic mass is 9.82. The fourth-order valence-electron chi connectivity index (χ4n) is 2.54. The molecule has 100 valence electrons. The van der Waals surface area contributed by atoms with E-state index in [0.29, 0.717) is 28.1 Å². The van der Waals surface area contributed by atoms with Crippen molar-refractivity contribution in [2.24, 2.45) is 9.98 Å². The van der Waals surface area contributed by atoms with Crippen molar-refractivity contribution < 1.29 is 0 Å². The van der Waals surface area contributed by atoms with E-state index in [4.69, 9.17) is 15.8 Å². The maximum atomic E-state index is 9.08. The number of fused-ring (bicyclic) bond motifs is 2. The number of nitriles is 3. The van der Waals surface area contributed by atoms with Crippen molar-refractivity contribution in [3.8, 4) is 18.5 Å². The second-order valence-electron chi connectivity index (χ2n) is 4.54. The summed E-state index contributed by atoms with van der Waals surface area (Å²) in [6.07, 6.45) is 3.62. The van der Waals surface area contributed by atoms with Crippen LogP contribution < -0.4 is 0 Å². The van der Waals surface area contributed by atoms with Crippen LogP contribution in [0.5, 0.6) is 0 Å². The zero-order chi connectivity index (χ0) is 15.5. The zero-order valence-electron chi connectivity index (χ0n) is 11.3. The molecule has 0 saturated carbocycles. The van der Waals surface area contributed by atoms with Gasteiger partial charge in [-0.2, -0.15) is 25.8 Å². The molecular formula is C17H7N5. The highest BCUT2D eigenvalue weighted by atomic mass is 14.8. The van der Waals surface area contributed by atoms with Gasteiger partial charge in [-0.1, -0.05) is 30.3 Å². The number of rotatable bonds is 0. The third-order valence-electron chi connectivity index (χ3n) is 3.42. The summed E-state index contributed by atoms with van der Waals surface area (Å²) in [6.45, 7) is 0. The van der Waals surface area contributed by atoms with Gasteiger partial charge < -0.3 is 0 Å². The molecular weight excluding hydrogens is 274 g/mol. The molecule has 0 radical (unpaired) electrons. The minimum absolute atomic E-state index is 0.458. The fourth-order valence-corrected chi connectivity index (χ4v) is 2.54. The van der Waals surface area contributed by atoms with E-state index in [1.54, 1.807) is 24.4 Å². The molecule has 0 saturated heterocycles. The summed E-state index contributed by atoms with van der Waals surface area (Å²) in [5.74, 6) is 0. The van der Waals surface area contributed by atoms with Gasteiger partial charge in [0.25, 0.3) is 0 Å². The van der Waals surface area contributed by atoms with Crippen molar-refractivity contribution in [2.45, 2.75) is 0 Å². The summed E-state index contributed by atoms with van der Waals surface area (Å²) in [5, 5.41) is 27.0. The van der Waals surface area contributed by atoms with E-state index in [-0.39, 0.29) is 0 Å². The van der Waals surface area contributed by atoms with Gasteiger partial charge in [-0.05, 0) is 12.1 Å². The second-order valence-corrected chi connectivity index (χ2v) is 4.54. The van der Waals surface area contributed by atoms with Gasteiger partial charge in [0.2, 0.25) is 12.4 Å². The Kier molecular flexibility index (Phi) is 3.20. The minimum Gasteiger partial charge on any atom is -0.192 e. The van der Waals surface area contributed by atoms with Crippen LogP contribution in [-0.4, -0.2) is 11.4 Å². The monoisotopic (exact) mass is 281 g/mol. The van der Waals surface area contributed by atoms with Crippen LogP contribution in [0.25, 0.3) is 0 Å². The van der Waals surface area contributed by atoms with E-state index >= 15 is 0 Å². The molecule has 0 unspecified atom stereocenters. The summed E-state index contributed by atoms with van der Waals surface area (Å²) < 4.78 is 0. The fraction of sp³-hybridized carbons (Fsp3) is 0. The van der Waals surface area contributed by atoms with Crippen LogP contribution in [0, 0.1) is 34.2 Å². The third kappa shape index (κ3) is 1.93. The topological polar surface area (TPSA) is 96.1 Å². The Morgan fingerprint density at radius 3 is 1.77 bits per heavy atom. The van der Waals surface area contributed by atoms with Crippen LogP contribution in [-0.2, 0) is 0 Å². The Labute approximate surface area is 126 Å². The van der Waals surface area contributed by atoms with Crippen LogP contribution in [0.1, 0.15) is 27.8 Å². The Bertz CT molecular complexity index is 962. The first-order chi connectivity index (χ1) is 10.8. The highest BCUT2D eigenvalue weighted by Crippen LogP contribution is 2.29. The second kappa shape index (κ2) is 5.32. The van der Waals surface area contributed by atoms with Crippen LogP contribution in [0.4, 0.5) is 0 Å². The number of benzene rings is 2. The molecule has 5 nitrogen and oxygen atoms in total. The van der Waals surface area contributed by atoms with Crippen molar-refractivity contribution in [3.05, 3.63) is 70.3 Å². The molecule has 0 bridgehead atoms. The molecule has 5 heteroatoms. The SMILES string of the molecule is N#C/N=C1/c2ccccc2/C(=N\C#N)c2cc(C#N)ccc21. The highest BCUT2D eigenvalue weighted by molar-refractivity contribution is 6.32. The van der Waals surface area contributed by atoms with Gasteiger partial charge in [0.15, 0.2) is 0 Å². The molecule has 0 aromatic heterocycles. The molecule has 1 aliphatic carbocycles. The molecule has 0 atom stereocenters. The zero-order valence-corrected chi connectivity index (χ0v) is 11.3. The molecule has 0 spiro atoms. The van der Waals surface area contributed by atoms with E-state index in [0.717, 1.165) is 11.1 Å². The minimum atomic E-state index is 0.458. The van der Waals surface area contributed by atoms with Crippen molar-refractivity contribution in [1.82, 2.24) is 0 Å². The van der Waals surface area contributed by atoms with Gasteiger partial charge in [0, 0.05) is 22.3 Å². The summed E-state index contributed by atoms with van der Waals surface area (Å²) in [4.78, 5) is 7.83. The molecule has 0 amide bonds. The maximum Gasteiger partial charge on any atom is 0.206 e. The molecule has 2 aromatic carbocycles.